The van der Waals surface area contributed by atoms with Crippen LogP contribution in [0.15, 0.2) is 0 Å². The minimum absolute atomic E-state index is 0.0652. The van der Waals surface area contributed by atoms with Crippen molar-refractivity contribution < 1.29 is 0 Å². The van der Waals surface area contributed by atoms with E-state index < -0.39 is 0 Å². The molecule has 1 aliphatic rings. The Morgan fingerprint density at radius 3 is 1.47 bits per heavy atom. The summed E-state index contributed by atoms with van der Waals surface area (Å²) in [6.07, 6.45) is 7.38. The van der Waals surface area contributed by atoms with Crippen molar-refractivity contribution in [2.75, 3.05) is 0 Å². The highest BCUT2D eigenvalue weighted by atomic mass is 16.5. The van der Waals surface area contributed by atoms with Gasteiger partial charge in [0.05, 0.1) is 0 Å². The number of hydrogen-bond donors (Lipinski definition) is 0. The molecule has 0 atom stereocenters. The van der Waals surface area contributed by atoms with Gasteiger partial charge in [0.2, 0.25) is 0 Å². The Hall–Kier alpha value is -0.0800. The Morgan fingerprint density at radius 1 is 0.867 bits per heavy atom. The average Bonchev–Trinajstić information content (AvgIpc) is 2.30. The van der Waals surface area contributed by atoms with Crippen LogP contribution in [0.1, 0.15) is 72.6 Å². The molecule has 0 saturated carbocycles. The van der Waals surface area contributed by atoms with Crippen molar-refractivity contribution in [1.29, 1.82) is 0 Å². The molecular weight excluding hydrogens is 186 g/mol. The molecule has 1 heterocycles. The van der Waals surface area contributed by atoms with Gasteiger partial charge in [-0.3, -0.25) is 0 Å². The third kappa shape index (κ3) is 1.94. The van der Waals surface area contributed by atoms with Crippen LogP contribution in [0.3, 0.4) is 0 Å². The van der Waals surface area contributed by atoms with Crippen LogP contribution < -0.4 is 0 Å². The Morgan fingerprint density at radius 2 is 1.20 bits per heavy atom. The lowest BCUT2D eigenvalue weighted by atomic mass is 9.73. The molecule has 2 heteroatoms. The van der Waals surface area contributed by atoms with Crippen LogP contribution in [0.25, 0.3) is 0 Å². The number of hydrogen-bond acceptors (Lipinski definition) is 2. The van der Waals surface area contributed by atoms with E-state index in [-0.39, 0.29) is 11.1 Å². The van der Waals surface area contributed by atoms with Gasteiger partial charge in [0.15, 0.2) is 0 Å². The quantitative estimate of drug-likeness (QED) is 0.701. The molecule has 0 aliphatic carbocycles. The lowest BCUT2D eigenvalue weighted by molar-refractivity contribution is -0.0349. The highest BCUT2D eigenvalue weighted by molar-refractivity contribution is 5.03. The number of nitrogens with zero attached hydrogens (tertiary/aromatic N) is 1. The summed E-state index contributed by atoms with van der Waals surface area (Å²) in [6.45, 7) is 8.65. The zero-order chi connectivity index (χ0) is 11.5. The van der Waals surface area contributed by atoms with E-state index in [0.29, 0.717) is 0 Å². The van der Waals surface area contributed by atoms with E-state index >= 15 is 0 Å². The SMILES string of the molecule is CCC1(CC)CCCC(CC)(CC)N1[O-]. The van der Waals surface area contributed by atoms with Gasteiger partial charge in [-0.15, -0.1) is 0 Å². The van der Waals surface area contributed by atoms with Gasteiger partial charge < -0.3 is 10.3 Å². The fourth-order valence-corrected chi connectivity index (χ4v) is 3.23. The number of rotatable bonds is 4. The van der Waals surface area contributed by atoms with Gasteiger partial charge in [0.25, 0.3) is 0 Å². The van der Waals surface area contributed by atoms with E-state index in [9.17, 15) is 5.21 Å². The maximum absolute atomic E-state index is 12.6. The fourth-order valence-electron chi connectivity index (χ4n) is 3.23. The molecule has 1 rings (SSSR count). The summed E-state index contributed by atoms with van der Waals surface area (Å²) in [5.41, 5.74) is -0.130. The molecule has 90 valence electrons. The summed E-state index contributed by atoms with van der Waals surface area (Å²) >= 11 is 0. The second kappa shape index (κ2) is 4.84. The molecule has 0 bridgehead atoms. The minimum atomic E-state index is -0.0652. The Bertz CT molecular complexity index is 175. The Labute approximate surface area is 94.6 Å². The largest absolute Gasteiger partial charge is 0.784 e. The monoisotopic (exact) mass is 212 g/mol. The third-order valence-electron chi connectivity index (χ3n) is 4.78. The Kier molecular flexibility index (Phi) is 4.19. The highest BCUT2D eigenvalue weighted by Crippen LogP contribution is 2.44. The van der Waals surface area contributed by atoms with Crippen LogP contribution >= 0.6 is 0 Å². The predicted molar refractivity (Wildman–Crippen MR) is 65.7 cm³/mol. The van der Waals surface area contributed by atoms with Crippen LogP contribution in [-0.4, -0.2) is 16.1 Å². The number of piperidine rings is 1. The smallest absolute Gasteiger partial charge is 0.00891 e. The summed E-state index contributed by atoms with van der Waals surface area (Å²) in [4.78, 5) is 0. The van der Waals surface area contributed by atoms with Gasteiger partial charge in [-0.2, -0.15) is 0 Å². The molecule has 2 nitrogen and oxygen atoms in total. The molecule has 1 saturated heterocycles. The molecule has 0 aromatic rings. The minimum Gasteiger partial charge on any atom is -0.784 e. The molecule has 1 aliphatic heterocycles. The topological polar surface area (TPSA) is 26.3 Å². The van der Waals surface area contributed by atoms with Gasteiger partial charge >= 0.3 is 0 Å². The summed E-state index contributed by atoms with van der Waals surface area (Å²) in [5, 5.41) is 14.1. The normalized spacial score (nSPS) is 25.4. The Balaban J connectivity index is 2.95. The second-order valence-electron chi connectivity index (χ2n) is 5.01. The van der Waals surface area contributed by atoms with Crippen LogP contribution in [0.4, 0.5) is 0 Å². The van der Waals surface area contributed by atoms with Crippen LogP contribution in [0.5, 0.6) is 0 Å². The second-order valence-corrected chi connectivity index (χ2v) is 5.01. The van der Waals surface area contributed by atoms with E-state index in [1.807, 2.05) is 0 Å². The lowest BCUT2D eigenvalue weighted by Crippen LogP contribution is -2.60. The van der Waals surface area contributed by atoms with Crippen molar-refractivity contribution >= 4 is 0 Å². The summed E-state index contributed by atoms with van der Waals surface area (Å²) in [5.74, 6) is 0. The van der Waals surface area contributed by atoms with Crippen LogP contribution in [0.2, 0.25) is 0 Å². The third-order valence-corrected chi connectivity index (χ3v) is 4.78. The molecule has 0 spiro atoms. The van der Waals surface area contributed by atoms with E-state index in [0.717, 1.165) is 38.5 Å². The van der Waals surface area contributed by atoms with E-state index in [4.69, 9.17) is 0 Å². The van der Waals surface area contributed by atoms with Crippen molar-refractivity contribution in [2.24, 2.45) is 0 Å². The molecule has 1 fully saturated rings. The van der Waals surface area contributed by atoms with Gasteiger partial charge in [0, 0.05) is 11.1 Å². The zero-order valence-electron chi connectivity index (χ0n) is 10.8. The molecule has 0 radical (unpaired) electrons. The first-order valence-corrected chi connectivity index (χ1v) is 6.58. The maximum atomic E-state index is 12.6. The van der Waals surface area contributed by atoms with E-state index in [2.05, 4.69) is 27.7 Å². The highest BCUT2D eigenvalue weighted by Gasteiger charge is 2.42. The summed E-state index contributed by atoms with van der Waals surface area (Å²) < 4.78 is 0. The van der Waals surface area contributed by atoms with E-state index in [1.165, 1.54) is 11.5 Å². The van der Waals surface area contributed by atoms with Gasteiger partial charge in [-0.1, -0.05) is 27.7 Å². The van der Waals surface area contributed by atoms with Crippen molar-refractivity contribution in [3.63, 3.8) is 0 Å². The van der Waals surface area contributed by atoms with Gasteiger partial charge in [-0.05, 0) is 44.9 Å². The zero-order valence-corrected chi connectivity index (χ0v) is 10.8. The molecule has 0 amide bonds. The molecule has 0 unspecified atom stereocenters. The van der Waals surface area contributed by atoms with E-state index in [1.54, 1.807) is 0 Å². The van der Waals surface area contributed by atoms with Crippen molar-refractivity contribution in [3.05, 3.63) is 5.21 Å². The van der Waals surface area contributed by atoms with Crippen LogP contribution in [0, 0.1) is 5.21 Å². The van der Waals surface area contributed by atoms with Crippen molar-refractivity contribution in [3.8, 4) is 0 Å². The lowest BCUT2D eigenvalue weighted by Gasteiger charge is -2.62. The summed E-state index contributed by atoms with van der Waals surface area (Å²) in [7, 11) is 0. The van der Waals surface area contributed by atoms with Crippen molar-refractivity contribution in [1.82, 2.24) is 5.06 Å². The van der Waals surface area contributed by atoms with Crippen molar-refractivity contribution in [2.45, 2.75) is 83.7 Å². The molecule has 0 aromatic carbocycles. The first-order chi connectivity index (χ1) is 7.10. The average molecular weight is 212 g/mol. The molecule has 15 heavy (non-hydrogen) atoms. The first-order valence-electron chi connectivity index (χ1n) is 6.58. The fraction of sp³-hybridized carbons (Fsp3) is 1.00. The predicted octanol–water partition coefficient (Wildman–Crippen LogP) is 4.09. The van der Waals surface area contributed by atoms with Gasteiger partial charge in [-0.25, -0.2) is 0 Å². The van der Waals surface area contributed by atoms with Crippen LogP contribution in [-0.2, 0) is 0 Å². The summed E-state index contributed by atoms with van der Waals surface area (Å²) in [6, 6.07) is 0. The standard InChI is InChI=1S/C13H26NO/c1-5-12(6-2)10-9-11-13(7-3,8-4)14(12)15/h5-11H2,1-4H3/q-1. The molecule has 0 aromatic heterocycles. The molecule has 0 N–H and O–H groups in total. The maximum Gasteiger partial charge on any atom is 0.00891 e. The number of hydroxylamine groups is 2. The molecular formula is C13H26NO-. The first kappa shape index (κ1) is 13.0. The van der Waals surface area contributed by atoms with Gasteiger partial charge in [0.1, 0.15) is 0 Å².